The maximum absolute atomic E-state index is 5.67. The minimum Gasteiger partial charge on any atom is -0.378 e. The molecule has 0 bridgehead atoms. The number of thiol groups is 1. The molecule has 1 heterocycles. The van der Waals surface area contributed by atoms with Crippen LogP contribution in [-0.2, 0) is 14.2 Å². The van der Waals surface area contributed by atoms with E-state index in [-0.39, 0.29) is 0 Å². The molecule has 0 radical (unpaired) electrons. The van der Waals surface area contributed by atoms with Gasteiger partial charge in [0.15, 0.2) is 0 Å². The number of nitrogens with one attached hydrogen (secondary N) is 2. The number of rotatable bonds is 16. The van der Waals surface area contributed by atoms with Crippen LogP contribution in [0.25, 0.3) is 0 Å². The zero-order valence-corrected chi connectivity index (χ0v) is 17.9. The molecule has 7 heteroatoms. The number of nitrogens with zero attached hydrogens (tertiary/aromatic N) is 1. The highest BCUT2D eigenvalue weighted by Gasteiger charge is 2.18. The Morgan fingerprint density at radius 3 is 2.08 bits per heavy atom. The Morgan fingerprint density at radius 2 is 1.50 bits per heavy atom. The zero-order valence-electron chi connectivity index (χ0n) is 17.0. The first-order valence-corrected chi connectivity index (χ1v) is 10.7. The maximum atomic E-state index is 5.67. The highest BCUT2D eigenvalue weighted by molar-refractivity contribution is 7.80. The van der Waals surface area contributed by atoms with E-state index in [1.54, 1.807) is 0 Å². The number of ether oxygens (including phenoxy) is 3. The van der Waals surface area contributed by atoms with E-state index in [4.69, 9.17) is 14.2 Å². The molecule has 1 saturated heterocycles. The summed E-state index contributed by atoms with van der Waals surface area (Å²) in [4.78, 5) is 2.50. The van der Waals surface area contributed by atoms with Crippen LogP contribution in [0.15, 0.2) is 0 Å². The smallest absolute Gasteiger partial charge is 0.0701 e. The predicted octanol–water partition coefficient (Wildman–Crippen LogP) is 1.41. The number of piperidine rings is 1. The van der Waals surface area contributed by atoms with Gasteiger partial charge in [-0.3, -0.25) is 0 Å². The number of likely N-dealkylation sites (tertiary alicyclic amines) is 1. The molecule has 1 rings (SSSR count). The summed E-state index contributed by atoms with van der Waals surface area (Å²) in [5, 5.41) is 7.29. The molecule has 26 heavy (non-hydrogen) atoms. The molecule has 0 aromatic rings. The largest absolute Gasteiger partial charge is 0.378 e. The average molecular weight is 392 g/mol. The standard InChI is InChI=1S/C19H41N3O3S/c1-17(2)21-19-4-7-22(8-5-19)9-11-24-13-15-25-14-12-23-10-6-20-16-18(3)26/h17-21,26H,4-16H2,1-3H3/t18-/m0/s1. The first kappa shape index (κ1) is 24.1. The Kier molecular flexibility index (Phi) is 15.0. The van der Waals surface area contributed by atoms with Gasteiger partial charge in [-0.2, -0.15) is 12.6 Å². The molecule has 0 aromatic heterocycles. The van der Waals surface area contributed by atoms with Gasteiger partial charge in [0, 0.05) is 37.0 Å². The molecule has 1 atom stereocenters. The van der Waals surface area contributed by atoms with Gasteiger partial charge >= 0.3 is 0 Å². The molecule has 0 amide bonds. The van der Waals surface area contributed by atoms with Crippen molar-refractivity contribution in [2.45, 2.75) is 50.9 Å². The molecule has 156 valence electrons. The van der Waals surface area contributed by atoms with Gasteiger partial charge in [-0.05, 0) is 25.9 Å². The molecule has 1 aliphatic rings. The monoisotopic (exact) mass is 391 g/mol. The van der Waals surface area contributed by atoms with E-state index in [0.717, 1.165) is 26.2 Å². The number of hydrogen-bond donors (Lipinski definition) is 3. The van der Waals surface area contributed by atoms with Crippen LogP contribution >= 0.6 is 12.6 Å². The van der Waals surface area contributed by atoms with Gasteiger partial charge in [-0.25, -0.2) is 0 Å². The van der Waals surface area contributed by atoms with Gasteiger partial charge in [0.2, 0.25) is 0 Å². The lowest BCUT2D eigenvalue weighted by Gasteiger charge is -2.33. The van der Waals surface area contributed by atoms with Crippen molar-refractivity contribution in [3.05, 3.63) is 0 Å². The molecule has 0 spiro atoms. The fourth-order valence-corrected chi connectivity index (χ4v) is 3.11. The summed E-state index contributed by atoms with van der Waals surface area (Å²) in [6.45, 7) is 15.7. The molecule has 0 unspecified atom stereocenters. The average Bonchev–Trinajstić information content (AvgIpc) is 2.59. The van der Waals surface area contributed by atoms with Crippen LogP contribution in [0.1, 0.15) is 33.6 Å². The molecule has 0 saturated carbocycles. The second kappa shape index (κ2) is 16.1. The van der Waals surface area contributed by atoms with Crippen molar-refractivity contribution in [3.8, 4) is 0 Å². The van der Waals surface area contributed by atoms with Gasteiger partial charge in [0.1, 0.15) is 0 Å². The minimum atomic E-state index is 0.382. The summed E-state index contributed by atoms with van der Waals surface area (Å²) in [5.74, 6) is 0. The second-order valence-electron chi connectivity index (χ2n) is 7.33. The highest BCUT2D eigenvalue weighted by Crippen LogP contribution is 2.10. The minimum absolute atomic E-state index is 0.382. The van der Waals surface area contributed by atoms with E-state index in [1.165, 1.54) is 25.9 Å². The Hall–Kier alpha value is 0.110. The predicted molar refractivity (Wildman–Crippen MR) is 112 cm³/mol. The van der Waals surface area contributed by atoms with Crippen LogP contribution in [0.3, 0.4) is 0 Å². The molecular formula is C19H41N3O3S. The third kappa shape index (κ3) is 14.2. The molecule has 0 aliphatic carbocycles. The van der Waals surface area contributed by atoms with E-state index in [0.29, 0.717) is 50.4 Å². The second-order valence-corrected chi connectivity index (χ2v) is 8.21. The van der Waals surface area contributed by atoms with Gasteiger partial charge in [-0.1, -0.05) is 20.8 Å². The van der Waals surface area contributed by atoms with Gasteiger partial charge in [-0.15, -0.1) is 0 Å². The van der Waals surface area contributed by atoms with Crippen molar-refractivity contribution in [1.29, 1.82) is 0 Å². The molecule has 6 nitrogen and oxygen atoms in total. The Bertz CT molecular complexity index is 314. The van der Waals surface area contributed by atoms with Crippen molar-refractivity contribution in [3.63, 3.8) is 0 Å². The first-order valence-electron chi connectivity index (χ1n) is 10.2. The van der Waals surface area contributed by atoms with Gasteiger partial charge in [0.05, 0.1) is 39.6 Å². The summed E-state index contributed by atoms with van der Waals surface area (Å²) >= 11 is 4.31. The zero-order chi connectivity index (χ0) is 19.0. The Labute approximate surface area is 166 Å². The number of hydrogen-bond acceptors (Lipinski definition) is 7. The molecular weight excluding hydrogens is 350 g/mol. The lowest BCUT2D eigenvalue weighted by molar-refractivity contribution is 0.00982. The summed E-state index contributed by atoms with van der Waals surface area (Å²) in [6.07, 6.45) is 2.48. The van der Waals surface area contributed by atoms with Crippen LogP contribution in [0.4, 0.5) is 0 Å². The molecule has 1 aliphatic heterocycles. The lowest BCUT2D eigenvalue weighted by atomic mass is 10.0. The first-order chi connectivity index (χ1) is 12.6. The van der Waals surface area contributed by atoms with E-state index < -0.39 is 0 Å². The Morgan fingerprint density at radius 1 is 0.923 bits per heavy atom. The van der Waals surface area contributed by atoms with Crippen LogP contribution in [0.2, 0.25) is 0 Å². The van der Waals surface area contributed by atoms with E-state index in [9.17, 15) is 0 Å². The fourth-order valence-electron chi connectivity index (χ4n) is 2.99. The molecule has 0 aromatic carbocycles. The summed E-state index contributed by atoms with van der Waals surface area (Å²) in [6, 6.07) is 1.27. The maximum Gasteiger partial charge on any atom is 0.0701 e. The van der Waals surface area contributed by atoms with Crippen LogP contribution < -0.4 is 10.6 Å². The third-order valence-corrected chi connectivity index (χ3v) is 4.50. The van der Waals surface area contributed by atoms with E-state index in [2.05, 4.69) is 48.9 Å². The summed E-state index contributed by atoms with van der Waals surface area (Å²) < 4.78 is 16.7. The summed E-state index contributed by atoms with van der Waals surface area (Å²) in [5.41, 5.74) is 0. The molecule has 1 fully saturated rings. The molecule has 2 N–H and O–H groups in total. The van der Waals surface area contributed by atoms with Crippen molar-refractivity contribution in [2.24, 2.45) is 0 Å². The van der Waals surface area contributed by atoms with E-state index >= 15 is 0 Å². The van der Waals surface area contributed by atoms with E-state index in [1.807, 2.05) is 0 Å². The van der Waals surface area contributed by atoms with Crippen LogP contribution in [0, 0.1) is 0 Å². The van der Waals surface area contributed by atoms with Crippen LogP contribution in [0.5, 0.6) is 0 Å². The fraction of sp³-hybridized carbons (Fsp3) is 1.00. The topological polar surface area (TPSA) is 55.0 Å². The third-order valence-electron chi connectivity index (χ3n) is 4.32. The van der Waals surface area contributed by atoms with Crippen molar-refractivity contribution in [2.75, 3.05) is 72.4 Å². The van der Waals surface area contributed by atoms with Crippen molar-refractivity contribution < 1.29 is 14.2 Å². The normalized spacial score (nSPS) is 17.9. The lowest BCUT2D eigenvalue weighted by Crippen LogP contribution is -2.45. The Balaban J connectivity index is 1.77. The SMILES string of the molecule is CC(C)NC1CCN(CCOCCOCCOCCNC[C@H](C)S)CC1. The van der Waals surface area contributed by atoms with Crippen LogP contribution in [-0.4, -0.2) is 94.6 Å². The summed E-state index contributed by atoms with van der Waals surface area (Å²) in [7, 11) is 0. The highest BCUT2D eigenvalue weighted by atomic mass is 32.1. The van der Waals surface area contributed by atoms with Crippen molar-refractivity contribution in [1.82, 2.24) is 15.5 Å². The van der Waals surface area contributed by atoms with Crippen molar-refractivity contribution >= 4 is 12.6 Å². The van der Waals surface area contributed by atoms with Gasteiger partial charge in [0.25, 0.3) is 0 Å². The quantitative estimate of drug-likeness (QED) is 0.273. The van der Waals surface area contributed by atoms with Gasteiger partial charge < -0.3 is 29.7 Å².